The Kier molecular flexibility index (Phi) is 5.39. The van der Waals surface area contributed by atoms with Crippen molar-refractivity contribution in [2.24, 2.45) is 0 Å². The zero-order valence-electron chi connectivity index (χ0n) is 13.6. The Bertz CT molecular complexity index is 451. The molecule has 0 amide bonds. The summed E-state index contributed by atoms with van der Waals surface area (Å²) in [6.07, 6.45) is 3.52. The van der Waals surface area contributed by atoms with Gasteiger partial charge in [-0.2, -0.15) is 4.98 Å². The van der Waals surface area contributed by atoms with Gasteiger partial charge in [-0.25, -0.2) is 4.98 Å². The second-order valence-corrected chi connectivity index (χ2v) is 6.53. The van der Waals surface area contributed by atoms with Crippen LogP contribution >= 0.6 is 0 Å². The summed E-state index contributed by atoms with van der Waals surface area (Å²) in [6.45, 7) is 10.7. The van der Waals surface area contributed by atoms with Crippen LogP contribution in [0.1, 0.15) is 52.8 Å². The van der Waals surface area contributed by atoms with Crippen molar-refractivity contribution in [3.8, 4) is 5.88 Å². The first-order valence-electron chi connectivity index (χ1n) is 7.87. The zero-order valence-corrected chi connectivity index (χ0v) is 13.6. The van der Waals surface area contributed by atoms with Crippen LogP contribution in [0.2, 0.25) is 0 Å². The van der Waals surface area contributed by atoms with Crippen molar-refractivity contribution >= 4 is 5.82 Å². The SMILES string of the molecule is CCCOc1cc(NCC2CCCO2)nc(C(C)(C)C)n1. The van der Waals surface area contributed by atoms with Crippen LogP contribution < -0.4 is 10.1 Å². The van der Waals surface area contributed by atoms with Crippen molar-refractivity contribution in [2.45, 2.75) is 58.5 Å². The molecule has 1 atom stereocenters. The van der Waals surface area contributed by atoms with Crippen LogP contribution in [0.5, 0.6) is 5.88 Å². The van der Waals surface area contributed by atoms with E-state index in [1.54, 1.807) is 0 Å². The third-order valence-electron chi connectivity index (χ3n) is 3.36. The van der Waals surface area contributed by atoms with E-state index in [0.29, 0.717) is 12.5 Å². The summed E-state index contributed by atoms with van der Waals surface area (Å²) in [5.41, 5.74) is -0.105. The first-order valence-corrected chi connectivity index (χ1v) is 7.87. The maximum Gasteiger partial charge on any atom is 0.218 e. The molecule has 118 valence electrons. The van der Waals surface area contributed by atoms with Gasteiger partial charge in [-0.3, -0.25) is 0 Å². The molecule has 0 aliphatic carbocycles. The summed E-state index contributed by atoms with van der Waals surface area (Å²) in [5.74, 6) is 2.26. The fraction of sp³-hybridized carbons (Fsp3) is 0.750. The Hall–Kier alpha value is -1.36. The lowest BCUT2D eigenvalue weighted by Crippen LogP contribution is -2.21. The average Bonchev–Trinajstić information content (AvgIpc) is 2.95. The highest BCUT2D eigenvalue weighted by Gasteiger charge is 2.20. The number of ether oxygens (including phenoxy) is 2. The van der Waals surface area contributed by atoms with E-state index in [-0.39, 0.29) is 11.5 Å². The van der Waals surface area contributed by atoms with Crippen LogP contribution in [0, 0.1) is 0 Å². The zero-order chi connectivity index (χ0) is 15.3. The second-order valence-electron chi connectivity index (χ2n) is 6.53. The fourth-order valence-corrected chi connectivity index (χ4v) is 2.16. The molecule has 0 saturated carbocycles. The van der Waals surface area contributed by atoms with Gasteiger partial charge in [0.15, 0.2) is 0 Å². The molecule has 2 rings (SSSR count). The fourth-order valence-electron chi connectivity index (χ4n) is 2.16. The number of nitrogens with zero attached hydrogens (tertiary/aromatic N) is 2. The molecule has 5 heteroatoms. The van der Waals surface area contributed by atoms with Crippen molar-refractivity contribution in [2.75, 3.05) is 25.1 Å². The van der Waals surface area contributed by atoms with Crippen LogP contribution in [-0.4, -0.2) is 35.8 Å². The smallest absolute Gasteiger partial charge is 0.218 e. The van der Waals surface area contributed by atoms with Crippen LogP contribution in [0.4, 0.5) is 5.82 Å². The maximum absolute atomic E-state index is 5.68. The van der Waals surface area contributed by atoms with E-state index >= 15 is 0 Å². The minimum atomic E-state index is -0.105. The van der Waals surface area contributed by atoms with Crippen LogP contribution in [-0.2, 0) is 10.2 Å². The molecule has 1 aromatic heterocycles. The molecule has 1 unspecified atom stereocenters. The summed E-state index contributed by atoms with van der Waals surface area (Å²) < 4.78 is 11.3. The molecule has 1 aromatic rings. The van der Waals surface area contributed by atoms with E-state index in [2.05, 4.69) is 43.0 Å². The Morgan fingerprint density at radius 3 is 2.81 bits per heavy atom. The Labute approximate surface area is 127 Å². The van der Waals surface area contributed by atoms with Crippen LogP contribution in [0.15, 0.2) is 6.07 Å². The van der Waals surface area contributed by atoms with Gasteiger partial charge in [0.1, 0.15) is 11.6 Å². The quantitative estimate of drug-likeness (QED) is 0.873. The summed E-state index contributed by atoms with van der Waals surface area (Å²) in [6, 6.07) is 1.87. The van der Waals surface area contributed by atoms with Crippen molar-refractivity contribution < 1.29 is 9.47 Å². The Balaban J connectivity index is 2.09. The summed E-state index contributed by atoms with van der Waals surface area (Å²) in [7, 11) is 0. The maximum atomic E-state index is 5.68. The summed E-state index contributed by atoms with van der Waals surface area (Å²) in [5, 5.41) is 3.36. The van der Waals surface area contributed by atoms with Gasteiger partial charge in [0.25, 0.3) is 0 Å². The predicted molar refractivity (Wildman–Crippen MR) is 84.0 cm³/mol. The molecule has 21 heavy (non-hydrogen) atoms. The van der Waals surface area contributed by atoms with E-state index in [0.717, 1.165) is 44.1 Å². The van der Waals surface area contributed by atoms with Crippen molar-refractivity contribution in [3.63, 3.8) is 0 Å². The largest absolute Gasteiger partial charge is 0.478 e. The molecular formula is C16H27N3O2. The topological polar surface area (TPSA) is 56.3 Å². The predicted octanol–water partition coefficient (Wildman–Crippen LogP) is 3.15. The molecule has 1 N–H and O–H groups in total. The van der Waals surface area contributed by atoms with Gasteiger partial charge in [-0.15, -0.1) is 0 Å². The lowest BCUT2D eigenvalue weighted by molar-refractivity contribution is 0.120. The third-order valence-corrected chi connectivity index (χ3v) is 3.36. The molecule has 0 spiro atoms. The first-order chi connectivity index (χ1) is 9.99. The average molecular weight is 293 g/mol. The van der Waals surface area contributed by atoms with E-state index in [1.165, 1.54) is 0 Å². The first kappa shape index (κ1) is 16.0. The highest BCUT2D eigenvalue weighted by molar-refractivity contribution is 5.39. The molecule has 5 nitrogen and oxygen atoms in total. The monoisotopic (exact) mass is 293 g/mol. The lowest BCUT2D eigenvalue weighted by atomic mass is 9.96. The highest BCUT2D eigenvalue weighted by atomic mass is 16.5. The van der Waals surface area contributed by atoms with Crippen LogP contribution in [0.3, 0.4) is 0 Å². The lowest BCUT2D eigenvalue weighted by Gasteiger charge is -2.19. The van der Waals surface area contributed by atoms with Gasteiger partial charge < -0.3 is 14.8 Å². The van der Waals surface area contributed by atoms with Gasteiger partial charge in [-0.05, 0) is 19.3 Å². The van der Waals surface area contributed by atoms with E-state index in [9.17, 15) is 0 Å². The molecule has 0 bridgehead atoms. The van der Waals surface area contributed by atoms with Gasteiger partial charge in [0.2, 0.25) is 5.88 Å². The van der Waals surface area contributed by atoms with Gasteiger partial charge >= 0.3 is 0 Å². The summed E-state index contributed by atoms with van der Waals surface area (Å²) in [4.78, 5) is 9.13. The molecule has 1 saturated heterocycles. The molecule has 1 aliphatic rings. The van der Waals surface area contributed by atoms with Gasteiger partial charge in [0, 0.05) is 24.6 Å². The molecular weight excluding hydrogens is 266 g/mol. The Morgan fingerprint density at radius 2 is 2.19 bits per heavy atom. The molecule has 2 heterocycles. The van der Waals surface area contributed by atoms with Crippen molar-refractivity contribution in [1.29, 1.82) is 0 Å². The second kappa shape index (κ2) is 7.07. The Morgan fingerprint density at radius 1 is 1.38 bits per heavy atom. The normalized spacial score (nSPS) is 18.8. The number of anilines is 1. The van der Waals surface area contributed by atoms with E-state index in [1.807, 2.05) is 6.07 Å². The van der Waals surface area contributed by atoms with Gasteiger partial charge in [-0.1, -0.05) is 27.7 Å². The molecule has 1 aliphatic heterocycles. The standard InChI is InChI=1S/C16H27N3O2/c1-5-8-21-14-10-13(17-11-12-7-6-9-20-12)18-15(19-14)16(2,3)4/h10,12H,5-9,11H2,1-4H3,(H,17,18,19). The molecule has 1 fully saturated rings. The number of aromatic nitrogens is 2. The number of nitrogens with one attached hydrogen (secondary N) is 1. The van der Waals surface area contributed by atoms with Crippen LogP contribution in [0.25, 0.3) is 0 Å². The van der Waals surface area contributed by atoms with Gasteiger partial charge in [0.05, 0.1) is 12.7 Å². The molecule has 0 radical (unpaired) electrons. The highest BCUT2D eigenvalue weighted by Crippen LogP contribution is 2.23. The molecule has 0 aromatic carbocycles. The minimum Gasteiger partial charge on any atom is -0.478 e. The van der Waals surface area contributed by atoms with E-state index < -0.39 is 0 Å². The third kappa shape index (κ3) is 4.84. The summed E-state index contributed by atoms with van der Waals surface area (Å²) >= 11 is 0. The number of hydrogen-bond acceptors (Lipinski definition) is 5. The number of rotatable bonds is 6. The number of hydrogen-bond donors (Lipinski definition) is 1. The van der Waals surface area contributed by atoms with Crippen molar-refractivity contribution in [1.82, 2.24) is 9.97 Å². The minimum absolute atomic E-state index is 0.105. The van der Waals surface area contributed by atoms with Crippen molar-refractivity contribution in [3.05, 3.63) is 11.9 Å². The van der Waals surface area contributed by atoms with E-state index in [4.69, 9.17) is 9.47 Å².